The van der Waals surface area contributed by atoms with Gasteiger partial charge in [0.05, 0.1) is 25.4 Å². The van der Waals surface area contributed by atoms with Crippen LogP contribution in [0.25, 0.3) is 0 Å². The number of ether oxygens (including phenoxy) is 2. The molecule has 0 radical (unpaired) electrons. The normalized spacial score (nSPS) is 23.4. The Morgan fingerprint density at radius 2 is 1.29 bits per heavy atom. The van der Waals surface area contributed by atoms with Crippen molar-refractivity contribution in [3.8, 4) is 0 Å². The van der Waals surface area contributed by atoms with Gasteiger partial charge in [-0.25, -0.2) is 0 Å². The third-order valence-electron chi connectivity index (χ3n) is 7.98. The second kappa shape index (κ2) is 30.2. The lowest BCUT2D eigenvalue weighted by Crippen LogP contribution is -2.60. The van der Waals surface area contributed by atoms with E-state index in [2.05, 4.69) is 73.8 Å². The molecule has 278 valence electrons. The number of aliphatic hydroxyl groups is 5. The van der Waals surface area contributed by atoms with Crippen LogP contribution in [0, 0.1) is 0 Å². The van der Waals surface area contributed by atoms with Gasteiger partial charge in [-0.05, 0) is 57.8 Å². The van der Waals surface area contributed by atoms with Gasteiger partial charge in [-0.2, -0.15) is 0 Å². The molecular weight excluding hydrogens is 622 g/mol. The highest BCUT2D eigenvalue weighted by Gasteiger charge is 2.44. The molecule has 0 bridgehead atoms. The fourth-order valence-corrected chi connectivity index (χ4v) is 5.00. The number of allylic oxidation sites excluding steroid dienone is 12. The molecule has 1 heterocycles. The van der Waals surface area contributed by atoms with Crippen LogP contribution >= 0.6 is 0 Å². The quantitative estimate of drug-likeness (QED) is 0.0452. The third-order valence-corrected chi connectivity index (χ3v) is 7.98. The van der Waals surface area contributed by atoms with E-state index in [1.54, 1.807) is 12.2 Å². The Labute approximate surface area is 295 Å². The van der Waals surface area contributed by atoms with Gasteiger partial charge in [0.25, 0.3) is 0 Å². The zero-order chi connectivity index (χ0) is 36.0. The molecule has 7 unspecified atom stereocenters. The van der Waals surface area contributed by atoms with Crippen molar-refractivity contribution in [2.24, 2.45) is 0 Å². The Bertz CT molecular complexity index is 1030. The summed E-state index contributed by atoms with van der Waals surface area (Å²) in [5, 5.41) is 53.7. The van der Waals surface area contributed by atoms with Gasteiger partial charge in [-0.3, -0.25) is 4.79 Å². The summed E-state index contributed by atoms with van der Waals surface area (Å²) < 4.78 is 11.1. The van der Waals surface area contributed by atoms with E-state index >= 15 is 0 Å². The summed E-state index contributed by atoms with van der Waals surface area (Å²) in [6.45, 7) is 3.50. The average Bonchev–Trinajstić information content (AvgIpc) is 3.10. The van der Waals surface area contributed by atoms with E-state index in [-0.39, 0.29) is 18.9 Å². The molecular formula is C40H65NO8. The topological polar surface area (TPSA) is 149 Å². The van der Waals surface area contributed by atoms with E-state index in [4.69, 9.17) is 9.47 Å². The van der Waals surface area contributed by atoms with Crippen LogP contribution in [0.2, 0.25) is 0 Å². The van der Waals surface area contributed by atoms with Crippen molar-refractivity contribution in [2.45, 2.75) is 147 Å². The molecule has 0 aromatic heterocycles. The minimum Gasteiger partial charge on any atom is -0.394 e. The maximum atomic E-state index is 12.8. The summed E-state index contributed by atoms with van der Waals surface area (Å²) in [4.78, 5) is 12.8. The van der Waals surface area contributed by atoms with Crippen LogP contribution in [0.4, 0.5) is 0 Å². The molecule has 1 rings (SSSR count). The lowest BCUT2D eigenvalue weighted by Gasteiger charge is -2.40. The molecule has 49 heavy (non-hydrogen) atoms. The monoisotopic (exact) mass is 687 g/mol. The lowest BCUT2D eigenvalue weighted by atomic mass is 9.99. The first-order chi connectivity index (χ1) is 23.8. The number of unbranched alkanes of at least 4 members (excludes halogenated alkanes) is 6. The van der Waals surface area contributed by atoms with Crippen LogP contribution < -0.4 is 5.32 Å². The smallest absolute Gasteiger partial charge is 0.224 e. The van der Waals surface area contributed by atoms with Crippen LogP contribution in [-0.2, 0) is 14.3 Å². The highest BCUT2D eigenvalue weighted by molar-refractivity contribution is 5.77. The molecule has 0 spiro atoms. The molecule has 1 saturated heterocycles. The maximum absolute atomic E-state index is 12.8. The first-order valence-electron chi connectivity index (χ1n) is 18.3. The van der Waals surface area contributed by atoms with Crippen molar-refractivity contribution in [2.75, 3.05) is 13.2 Å². The summed E-state index contributed by atoms with van der Waals surface area (Å²) in [6, 6.07) is -0.877. The molecule has 0 aromatic carbocycles. The Balaban J connectivity index is 2.59. The van der Waals surface area contributed by atoms with Crippen molar-refractivity contribution in [3.05, 3.63) is 85.1 Å². The van der Waals surface area contributed by atoms with Crippen LogP contribution in [-0.4, -0.2) is 87.5 Å². The predicted octanol–water partition coefficient (Wildman–Crippen LogP) is 6.04. The molecule has 0 aliphatic carbocycles. The number of amides is 1. The summed E-state index contributed by atoms with van der Waals surface area (Å²) in [5.41, 5.74) is 0. The molecule has 0 saturated carbocycles. The summed E-state index contributed by atoms with van der Waals surface area (Å²) in [5.74, 6) is -0.321. The Morgan fingerprint density at radius 1 is 0.714 bits per heavy atom. The van der Waals surface area contributed by atoms with E-state index in [0.29, 0.717) is 6.42 Å². The van der Waals surface area contributed by atoms with Gasteiger partial charge in [-0.15, -0.1) is 0 Å². The number of nitrogens with one attached hydrogen (secondary N) is 1. The molecule has 6 N–H and O–H groups in total. The van der Waals surface area contributed by atoms with E-state index in [0.717, 1.165) is 44.9 Å². The van der Waals surface area contributed by atoms with Gasteiger partial charge in [0.2, 0.25) is 5.91 Å². The van der Waals surface area contributed by atoms with Gasteiger partial charge in [0, 0.05) is 6.42 Å². The summed E-state index contributed by atoms with van der Waals surface area (Å²) >= 11 is 0. The maximum Gasteiger partial charge on any atom is 0.224 e. The van der Waals surface area contributed by atoms with Gasteiger partial charge in [-0.1, -0.05) is 125 Å². The molecule has 1 amide bonds. The summed E-state index contributed by atoms with van der Waals surface area (Å²) in [7, 11) is 0. The average molecular weight is 688 g/mol. The van der Waals surface area contributed by atoms with Crippen molar-refractivity contribution in [1.82, 2.24) is 5.32 Å². The van der Waals surface area contributed by atoms with Gasteiger partial charge in [0.1, 0.15) is 24.4 Å². The minimum absolute atomic E-state index is 0.101. The Hall–Kier alpha value is -2.63. The van der Waals surface area contributed by atoms with Crippen molar-refractivity contribution < 1.29 is 39.8 Å². The summed E-state index contributed by atoms with van der Waals surface area (Å²) in [6.07, 6.45) is 33.7. The Kier molecular flexibility index (Phi) is 27.4. The third kappa shape index (κ3) is 21.9. The molecule has 1 aliphatic rings. The van der Waals surface area contributed by atoms with Gasteiger partial charge >= 0.3 is 0 Å². The number of carbonyl (C=O) groups excluding carboxylic acids is 1. The van der Waals surface area contributed by atoms with Crippen LogP contribution in [0.1, 0.15) is 104 Å². The molecule has 9 nitrogen and oxygen atoms in total. The molecule has 0 aromatic rings. The van der Waals surface area contributed by atoms with E-state index in [9.17, 15) is 30.3 Å². The lowest BCUT2D eigenvalue weighted by molar-refractivity contribution is -0.302. The van der Waals surface area contributed by atoms with Crippen molar-refractivity contribution in [1.29, 1.82) is 0 Å². The molecule has 1 aliphatic heterocycles. The molecule has 9 heteroatoms. The number of carbonyl (C=O) groups is 1. The van der Waals surface area contributed by atoms with E-state index in [1.807, 2.05) is 18.2 Å². The fourth-order valence-electron chi connectivity index (χ4n) is 5.00. The van der Waals surface area contributed by atoms with Crippen molar-refractivity contribution in [3.63, 3.8) is 0 Å². The zero-order valence-electron chi connectivity index (χ0n) is 29.9. The SMILES string of the molecule is CC/C=C\C/C=C\C/C=C\C/C=C\C/C=C\CC(=O)NC(COC1OC(CO)C(O)C(O)C1O)C(O)/C=C/CC/C=C/CCCCCCC. The Morgan fingerprint density at radius 3 is 1.90 bits per heavy atom. The zero-order valence-corrected chi connectivity index (χ0v) is 29.9. The van der Waals surface area contributed by atoms with Crippen LogP contribution in [0.3, 0.4) is 0 Å². The molecule has 7 atom stereocenters. The number of aliphatic hydroxyl groups excluding tert-OH is 5. The molecule has 1 fully saturated rings. The predicted molar refractivity (Wildman–Crippen MR) is 198 cm³/mol. The van der Waals surface area contributed by atoms with Crippen molar-refractivity contribution >= 4 is 5.91 Å². The fraction of sp³-hybridized carbons (Fsp3) is 0.625. The van der Waals surface area contributed by atoms with Gasteiger partial charge < -0.3 is 40.3 Å². The first-order valence-corrected chi connectivity index (χ1v) is 18.3. The largest absolute Gasteiger partial charge is 0.394 e. The van der Waals surface area contributed by atoms with E-state index in [1.165, 1.54) is 32.1 Å². The highest BCUT2D eigenvalue weighted by Crippen LogP contribution is 2.22. The highest BCUT2D eigenvalue weighted by atomic mass is 16.7. The van der Waals surface area contributed by atoms with Crippen LogP contribution in [0.15, 0.2) is 85.1 Å². The van der Waals surface area contributed by atoms with Gasteiger partial charge in [0.15, 0.2) is 6.29 Å². The minimum atomic E-state index is -1.59. The number of hydrogen-bond donors (Lipinski definition) is 6. The number of rotatable bonds is 27. The van der Waals surface area contributed by atoms with Crippen LogP contribution in [0.5, 0.6) is 0 Å². The number of hydrogen-bond acceptors (Lipinski definition) is 8. The second-order valence-corrected chi connectivity index (χ2v) is 12.3. The standard InChI is InChI=1S/C40H65NO8/c1-3-5-7-9-11-13-15-16-17-18-20-22-24-26-28-30-36(44)41-33(32-48-40-39(47)38(46)37(45)35(31-42)49-40)34(43)29-27-25-23-21-19-14-12-10-8-6-4-2/h5,7,11,13,16-17,19-22,26-29,33-35,37-40,42-43,45-47H,3-4,6,8-10,12,14-15,18,23-25,30-32H2,1-2H3,(H,41,44)/b7-5-,13-11-,17-16-,21-19+,22-20-,28-26-,29-27+. The second-order valence-electron chi connectivity index (χ2n) is 12.3. The first kappa shape index (κ1) is 44.4. The van der Waals surface area contributed by atoms with E-state index < -0.39 is 49.5 Å².